The highest BCUT2D eigenvalue weighted by Crippen LogP contribution is 2.23. The third-order valence-corrected chi connectivity index (χ3v) is 5.29. The molecule has 3 aromatic rings. The molecule has 1 aliphatic heterocycles. The summed E-state index contributed by atoms with van der Waals surface area (Å²) in [4.78, 5) is 18.6. The first-order valence-corrected chi connectivity index (χ1v) is 9.82. The first-order valence-electron chi connectivity index (χ1n) is 9.82. The van der Waals surface area contributed by atoms with Gasteiger partial charge in [0.2, 0.25) is 0 Å². The third-order valence-electron chi connectivity index (χ3n) is 5.29. The van der Waals surface area contributed by atoms with E-state index in [0.717, 1.165) is 23.3 Å². The van der Waals surface area contributed by atoms with Crippen molar-refractivity contribution in [3.8, 4) is 5.75 Å². The number of aliphatic hydroxyl groups excluding tert-OH is 1. The van der Waals surface area contributed by atoms with E-state index in [2.05, 4.69) is 4.98 Å². The molecule has 1 aliphatic rings. The quantitative estimate of drug-likeness (QED) is 0.704. The number of para-hydroxylation sites is 1. The second-order valence-electron chi connectivity index (χ2n) is 7.40. The normalized spacial score (nSPS) is 18.6. The van der Waals surface area contributed by atoms with Gasteiger partial charge in [0.05, 0.1) is 6.10 Å². The summed E-state index contributed by atoms with van der Waals surface area (Å²) in [5.41, 5.74) is 2.76. The number of carbonyl (C=O) groups excluding carboxylic acids is 1. The summed E-state index contributed by atoms with van der Waals surface area (Å²) < 4.78 is 5.74. The number of benzene rings is 2. The van der Waals surface area contributed by atoms with Crippen LogP contribution in [0.25, 0.3) is 0 Å². The van der Waals surface area contributed by atoms with Crippen molar-refractivity contribution in [1.29, 1.82) is 0 Å². The Balaban J connectivity index is 1.34. The molecule has 0 bridgehead atoms. The number of pyridine rings is 1. The molecule has 148 valence electrons. The lowest BCUT2D eigenvalue weighted by molar-refractivity contribution is 0.0764. The number of nitrogens with zero attached hydrogens (tertiary/aromatic N) is 2. The van der Waals surface area contributed by atoms with Gasteiger partial charge in [-0.3, -0.25) is 9.78 Å². The van der Waals surface area contributed by atoms with Crippen LogP contribution in [0.2, 0.25) is 0 Å². The Morgan fingerprint density at radius 2 is 1.69 bits per heavy atom. The Bertz CT molecular complexity index is 929. The number of hydrogen-bond donors (Lipinski definition) is 1. The van der Waals surface area contributed by atoms with Crippen molar-refractivity contribution in [2.45, 2.75) is 19.1 Å². The number of aromatic nitrogens is 1. The highest BCUT2D eigenvalue weighted by atomic mass is 16.5. The van der Waals surface area contributed by atoms with Crippen molar-refractivity contribution in [1.82, 2.24) is 9.88 Å². The van der Waals surface area contributed by atoms with Crippen LogP contribution in [0.15, 0.2) is 79.1 Å². The molecule has 1 amide bonds. The number of β-amino-alcohol motifs (C(OH)–C–C–N with tert-alkyl or cyclic N) is 1. The van der Waals surface area contributed by atoms with E-state index >= 15 is 0 Å². The zero-order chi connectivity index (χ0) is 20.1. The Morgan fingerprint density at radius 3 is 2.41 bits per heavy atom. The van der Waals surface area contributed by atoms with Crippen molar-refractivity contribution in [3.63, 3.8) is 0 Å². The minimum Gasteiger partial charge on any atom is -0.489 e. The van der Waals surface area contributed by atoms with Crippen LogP contribution in [-0.2, 0) is 13.0 Å². The molecular weight excluding hydrogens is 364 g/mol. The van der Waals surface area contributed by atoms with E-state index in [4.69, 9.17) is 4.74 Å². The van der Waals surface area contributed by atoms with E-state index in [1.54, 1.807) is 17.3 Å². The number of carbonyl (C=O) groups is 1. The Labute approximate surface area is 170 Å². The molecule has 1 saturated heterocycles. The fraction of sp³-hybridized carbons (Fsp3) is 0.250. The Hall–Kier alpha value is -3.18. The van der Waals surface area contributed by atoms with Crippen LogP contribution in [0.3, 0.4) is 0 Å². The van der Waals surface area contributed by atoms with E-state index in [9.17, 15) is 9.90 Å². The molecule has 4 rings (SSSR count). The van der Waals surface area contributed by atoms with Crippen molar-refractivity contribution >= 4 is 5.91 Å². The van der Waals surface area contributed by atoms with Crippen LogP contribution >= 0.6 is 0 Å². The minimum atomic E-state index is -0.509. The van der Waals surface area contributed by atoms with Gasteiger partial charge < -0.3 is 14.7 Å². The van der Waals surface area contributed by atoms with Gasteiger partial charge in [0.25, 0.3) is 5.91 Å². The number of amides is 1. The highest BCUT2D eigenvalue weighted by Gasteiger charge is 2.34. The number of rotatable bonds is 6. The smallest absolute Gasteiger partial charge is 0.253 e. The van der Waals surface area contributed by atoms with Gasteiger partial charge in [-0.2, -0.15) is 0 Å². The molecule has 2 atom stereocenters. The molecule has 1 aromatic heterocycles. The second kappa shape index (κ2) is 8.88. The Kier molecular flexibility index (Phi) is 5.86. The number of hydrogen-bond acceptors (Lipinski definition) is 4. The lowest BCUT2D eigenvalue weighted by Crippen LogP contribution is -2.29. The van der Waals surface area contributed by atoms with Crippen LogP contribution in [0, 0.1) is 5.92 Å². The zero-order valence-electron chi connectivity index (χ0n) is 16.1. The van der Waals surface area contributed by atoms with Gasteiger partial charge in [-0.1, -0.05) is 30.3 Å². The summed E-state index contributed by atoms with van der Waals surface area (Å²) in [6, 6.07) is 21.0. The standard InChI is InChI=1S/C24H24N2O3/c27-23-16-26(15-21(23)14-18-10-12-25-13-11-18)24(28)20-8-6-19(7-9-20)17-29-22-4-2-1-3-5-22/h1-13,21,23,27H,14-17H2/t21-,23+/m1/s1. The van der Waals surface area contributed by atoms with E-state index < -0.39 is 6.10 Å². The fourth-order valence-electron chi connectivity index (χ4n) is 3.65. The van der Waals surface area contributed by atoms with Crippen LogP contribution in [0.4, 0.5) is 0 Å². The molecule has 0 radical (unpaired) electrons. The van der Waals surface area contributed by atoms with Gasteiger partial charge in [-0.15, -0.1) is 0 Å². The molecular formula is C24H24N2O3. The summed E-state index contributed by atoms with van der Waals surface area (Å²) in [7, 11) is 0. The van der Waals surface area contributed by atoms with Crippen molar-refractivity contribution < 1.29 is 14.6 Å². The molecule has 0 aliphatic carbocycles. The maximum atomic E-state index is 12.9. The van der Waals surface area contributed by atoms with Gasteiger partial charge in [-0.25, -0.2) is 0 Å². The predicted octanol–water partition coefficient (Wildman–Crippen LogP) is 3.34. The van der Waals surface area contributed by atoms with Crippen molar-refractivity contribution in [2.24, 2.45) is 5.92 Å². The maximum absolute atomic E-state index is 12.9. The highest BCUT2D eigenvalue weighted by molar-refractivity contribution is 5.94. The van der Waals surface area contributed by atoms with E-state index in [1.807, 2.05) is 66.7 Å². The monoisotopic (exact) mass is 388 g/mol. The molecule has 2 aromatic carbocycles. The van der Waals surface area contributed by atoms with Gasteiger partial charge in [0.15, 0.2) is 0 Å². The first kappa shape index (κ1) is 19.2. The van der Waals surface area contributed by atoms with Gasteiger partial charge in [-0.05, 0) is 53.9 Å². The molecule has 0 spiro atoms. The maximum Gasteiger partial charge on any atom is 0.253 e. The number of ether oxygens (including phenoxy) is 1. The predicted molar refractivity (Wildman–Crippen MR) is 111 cm³/mol. The molecule has 1 N–H and O–H groups in total. The van der Waals surface area contributed by atoms with Crippen LogP contribution in [-0.4, -0.2) is 40.1 Å². The summed E-state index contributed by atoms with van der Waals surface area (Å²) in [5, 5.41) is 10.4. The third kappa shape index (κ3) is 4.81. The minimum absolute atomic E-state index is 0.0416. The van der Waals surface area contributed by atoms with Crippen LogP contribution in [0.5, 0.6) is 5.75 Å². The van der Waals surface area contributed by atoms with Gasteiger partial charge >= 0.3 is 0 Å². The van der Waals surface area contributed by atoms with Gasteiger partial charge in [0, 0.05) is 37.0 Å². The van der Waals surface area contributed by atoms with E-state index in [1.165, 1.54) is 0 Å². The zero-order valence-corrected chi connectivity index (χ0v) is 16.1. The molecule has 29 heavy (non-hydrogen) atoms. The topological polar surface area (TPSA) is 62.7 Å². The number of likely N-dealkylation sites (tertiary alicyclic amines) is 1. The summed E-state index contributed by atoms with van der Waals surface area (Å²) in [6.07, 6.45) is 3.74. The average Bonchev–Trinajstić information content (AvgIpc) is 3.14. The SMILES string of the molecule is O=C(c1ccc(COc2ccccc2)cc1)N1C[C@@H](Cc2ccncc2)[C@@H](O)C1. The second-order valence-corrected chi connectivity index (χ2v) is 7.40. The number of aliphatic hydroxyl groups is 1. The average molecular weight is 388 g/mol. The van der Waals surface area contributed by atoms with Crippen LogP contribution in [0.1, 0.15) is 21.5 Å². The summed E-state index contributed by atoms with van der Waals surface area (Å²) in [6.45, 7) is 1.38. The first-order chi connectivity index (χ1) is 14.2. The molecule has 5 nitrogen and oxygen atoms in total. The molecule has 0 unspecified atom stereocenters. The molecule has 1 fully saturated rings. The summed E-state index contributed by atoms with van der Waals surface area (Å²) in [5.74, 6) is 0.815. The lowest BCUT2D eigenvalue weighted by Gasteiger charge is -2.16. The van der Waals surface area contributed by atoms with Crippen molar-refractivity contribution in [3.05, 3.63) is 95.8 Å². The van der Waals surface area contributed by atoms with Gasteiger partial charge in [0.1, 0.15) is 12.4 Å². The molecule has 2 heterocycles. The molecule has 5 heteroatoms. The van der Waals surface area contributed by atoms with E-state index in [-0.39, 0.29) is 11.8 Å². The largest absolute Gasteiger partial charge is 0.489 e. The van der Waals surface area contributed by atoms with E-state index in [0.29, 0.717) is 25.3 Å². The lowest BCUT2D eigenvalue weighted by atomic mass is 9.97. The Morgan fingerprint density at radius 1 is 0.966 bits per heavy atom. The fourth-order valence-corrected chi connectivity index (χ4v) is 3.65. The van der Waals surface area contributed by atoms with Crippen LogP contribution < -0.4 is 4.74 Å². The summed E-state index contributed by atoms with van der Waals surface area (Å²) >= 11 is 0. The molecule has 0 saturated carbocycles. The van der Waals surface area contributed by atoms with Crippen molar-refractivity contribution in [2.75, 3.05) is 13.1 Å².